The topological polar surface area (TPSA) is 84.4 Å². The van der Waals surface area contributed by atoms with Crippen LogP contribution in [-0.4, -0.2) is 47.8 Å². The number of benzene rings is 1. The summed E-state index contributed by atoms with van der Waals surface area (Å²) in [5.41, 5.74) is 2.51. The molecule has 8 heteroatoms. The van der Waals surface area contributed by atoms with E-state index >= 15 is 0 Å². The molecule has 1 N–H and O–H groups in total. The summed E-state index contributed by atoms with van der Waals surface area (Å²) in [4.78, 5) is 6.87. The van der Waals surface area contributed by atoms with Gasteiger partial charge in [-0.1, -0.05) is 17.3 Å². The summed E-state index contributed by atoms with van der Waals surface area (Å²) >= 11 is 0. The Hall–Kier alpha value is -3.00. The van der Waals surface area contributed by atoms with Gasteiger partial charge in [-0.25, -0.2) is 14.2 Å². The number of β-amino-alcohol motifs (C(OH)–C–C–N with tert-alkyl or cyclic N) is 1. The van der Waals surface area contributed by atoms with Crippen LogP contribution in [0.1, 0.15) is 11.4 Å². The predicted octanol–water partition coefficient (Wildman–Crippen LogP) is 1.03. The summed E-state index contributed by atoms with van der Waals surface area (Å²) in [5.74, 6) is 0.864. The Kier molecular flexibility index (Phi) is 2.73. The van der Waals surface area contributed by atoms with Crippen molar-refractivity contribution in [2.45, 2.75) is 12.5 Å². The standard InChI is InChI=1S/C17H17N7O/c1-11-7-15-19-16(12-5-3-4-6-13(12)24(15)20-11)23-9-17(25,10-23)14-8-18-21-22(14)2/h3-8,25H,9-10H2,1-2H3. The quantitative estimate of drug-likeness (QED) is 0.589. The first-order chi connectivity index (χ1) is 12.0. The lowest BCUT2D eigenvalue weighted by Gasteiger charge is -2.46. The molecule has 0 aliphatic carbocycles. The van der Waals surface area contributed by atoms with Crippen molar-refractivity contribution < 1.29 is 5.11 Å². The first-order valence-corrected chi connectivity index (χ1v) is 8.13. The first-order valence-electron chi connectivity index (χ1n) is 8.13. The van der Waals surface area contributed by atoms with Crippen molar-refractivity contribution >= 4 is 22.4 Å². The fourth-order valence-corrected chi connectivity index (χ4v) is 3.61. The maximum Gasteiger partial charge on any atom is 0.158 e. The van der Waals surface area contributed by atoms with Crippen molar-refractivity contribution in [1.82, 2.24) is 29.6 Å². The summed E-state index contributed by atoms with van der Waals surface area (Å²) in [5, 5.41) is 24.2. The number of hydrogen-bond donors (Lipinski definition) is 1. The van der Waals surface area contributed by atoms with Crippen LogP contribution in [0.4, 0.5) is 5.82 Å². The smallest absolute Gasteiger partial charge is 0.158 e. The minimum Gasteiger partial charge on any atom is -0.380 e. The van der Waals surface area contributed by atoms with Crippen LogP contribution in [0.25, 0.3) is 16.6 Å². The number of aromatic nitrogens is 6. The molecule has 5 rings (SSSR count). The molecule has 0 radical (unpaired) electrons. The minimum atomic E-state index is -0.955. The number of fused-ring (bicyclic) bond motifs is 3. The molecule has 1 aliphatic rings. The van der Waals surface area contributed by atoms with E-state index in [4.69, 9.17) is 4.98 Å². The van der Waals surface area contributed by atoms with Gasteiger partial charge in [-0.3, -0.25) is 0 Å². The van der Waals surface area contributed by atoms with E-state index in [0.717, 1.165) is 28.1 Å². The molecule has 0 saturated carbocycles. The van der Waals surface area contributed by atoms with E-state index in [2.05, 4.69) is 20.3 Å². The van der Waals surface area contributed by atoms with Crippen molar-refractivity contribution in [1.29, 1.82) is 0 Å². The number of hydrogen-bond acceptors (Lipinski definition) is 6. The third kappa shape index (κ3) is 1.97. The Balaban J connectivity index is 1.61. The van der Waals surface area contributed by atoms with Gasteiger partial charge in [0.15, 0.2) is 5.65 Å². The van der Waals surface area contributed by atoms with Crippen LogP contribution in [0.15, 0.2) is 36.5 Å². The van der Waals surface area contributed by atoms with Gasteiger partial charge in [0.05, 0.1) is 36.2 Å². The summed E-state index contributed by atoms with van der Waals surface area (Å²) in [6, 6.07) is 10.0. The van der Waals surface area contributed by atoms with E-state index in [1.807, 2.05) is 41.8 Å². The molecule has 0 amide bonds. The second-order valence-corrected chi connectivity index (χ2v) is 6.64. The number of para-hydroxylation sites is 1. The van der Waals surface area contributed by atoms with Gasteiger partial charge in [-0.05, 0) is 19.1 Å². The highest BCUT2D eigenvalue weighted by molar-refractivity contribution is 5.92. The molecule has 126 valence electrons. The maximum atomic E-state index is 10.9. The maximum absolute atomic E-state index is 10.9. The lowest BCUT2D eigenvalue weighted by atomic mass is 9.90. The number of anilines is 1. The van der Waals surface area contributed by atoms with Crippen LogP contribution in [0.5, 0.6) is 0 Å². The van der Waals surface area contributed by atoms with Crippen LogP contribution in [0.2, 0.25) is 0 Å². The average Bonchev–Trinajstić information content (AvgIpc) is 3.16. The molecule has 1 saturated heterocycles. The predicted molar refractivity (Wildman–Crippen MR) is 92.3 cm³/mol. The van der Waals surface area contributed by atoms with Gasteiger partial charge in [-0.15, -0.1) is 5.10 Å². The van der Waals surface area contributed by atoms with Gasteiger partial charge in [0.2, 0.25) is 0 Å². The second kappa shape index (κ2) is 4.76. The highest BCUT2D eigenvalue weighted by Crippen LogP contribution is 2.37. The van der Waals surface area contributed by atoms with Gasteiger partial charge in [0, 0.05) is 18.5 Å². The van der Waals surface area contributed by atoms with Crippen LogP contribution in [-0.2, 0) is 12.6 Å². The zero-order chi connectivity index (χ0) is 17.2. The van der Waals surface area contributed by atoms with E-state index in [1.54, 1.807) is 17.9 Å². The summed E-state index contributed by atoms with van der Waals surface area (Å²) in [6.45, 7) is 2.86. The highest BCUT2D eigenvalue weighted by Gasteiger charge is 2.46. The molecule has 1 fully saturated rings. The van der Waals surface area contributed by atoms with E-state index < -0.39 is 5.60 Å². The molecule has 4 aromatic rings. The molecule has 8 nitrogen and oxygen atoms in total. The van der Waals surface area contributed by atoms with Gasteiger partial charge in [0.25, 0.3) is 0 Å². The minimum absolute atomic E-state index is 0.453. The lowest BCUT2D eigenvalue weighted by molar-refractivity contribution is -0.000301. The largest absolute Gasteiger partial charge is 0.380 e. The number of aliphatic hydroxyl groups is 1. The van der Waals surface area contributed by atoms with E-state index in [0.29, 0.717) is 18.8 Å². The van der Waals surface area contributed by atoms with E-state index in [9.17, 15) is 5.11 Å². The fraction of sp³-hybridized carbons (Fsp3) is 0.294. The third-order valence-electron chi connectivity index (χ3n) is 4.80. The Bertz CT molecular complexity index is 1110. The Morgan fingerprint density at radius 3 is 2.76 bits per heavy atom. The second-order valence-electron chi connectivity index (χ2n) is 6.64. The van der Waals surface area contributed by atoms with Crippen molar-refractivity contribution in [3.05, 3.63) is 47.9 Å². The molecular weight excluding hydrogens is 318 g/mol. The van der Waals surface area contributed by atoms with Gasteiger partial charge >= 0.3 is 0 Å². The molecular formula is C17H17N7O. The molecule has 1 aromatic carbocycles. The molecule has 25 heavy (non-hydrogen) atoms. The number of aryl methyl sites for hydroxylation is 2. The Labute approximate surface area is 143 Å². The van der Waals surface area contributed by atoms with Crippen LogP contribution in [0, 0.1) is 6.92 Å². The van der Waals surface area contributed by atoms with Crippen molar-refractivity contribution in [2.75, 3.05) is 18.0 Å². The van der Waals surface area contributed by atoms with Gasteiger partial charge in [-0.2, -0.15) is 5.10 Å². The molecule has 0 spiro atoms. The number of rotatable bonds is 2. The highest BCUT2D eigenvalue weighted by atomic mass is 16.3. The molecule has 0 unspecified atom stereocenters. The number of nitrogens with zero attached hydrogens (tertiary/aromatic N) is 7. The summed E-state index contributed by atoms with van der Waals surface area (Å²) in [7, 11) is 1.79. The molecule has 1 aliphatic heterocycles. The van der Waals surface area contributed by atoms with Crippen LogP contribution >= 0.6 is 0 Å². The Morgan fingerprint density at radius 1 is 1.20 bits per heavy atom. The summed E-state index contributed by atoms with van der Waals surface area (Å²) < 4.78 is 3.48. The van der Waals surface area contributed by atoms with Gasteiger partial charge < -0.3 is 10.0 Å². The Morgan fingerprint density at radius 2 is 2.00 bits per heavy atom. The summed E-state index contributed by atoms with van der Waals surface area (Å²) in [6.07, 6.45) is 1.62. The molecule has 3 aromatic heterocycles. The van der Waals surface area contributed by atoms with Crippen LogP contribution < -0.4 is 4.90 Å². The van der Waals surface area contributed by atoms with Gasteiger partial charge in [0.1, 0.15) is 11.4 Å². The van der Waals surface area contributed by atoms with Crippen molar-refractivity contribution in [2.24, 2.45) is 7.05 Å². The van der Waals surface area contributed by atoms with Crippen molar-refractivity contribution in [3.8, 4) is 0 Å². The zero-order valence-electron chi connectivity index (χ0n) is 14.0. The normalized spacial score (nSPS) is 16.5. The SMILES string of the molecule is Cc1cc2nc(N3CC(O)(c4cnnn4C)C3)c3ccccc3n2n1. The zero-order valence-corrected chi connectivity index (χ0v) is 14.0. The molecule has 4 heterocycles. The fourth-order valence-electron chi connectivity index (χ4n) is 3.61. The third-order valence-corrected chi connectivity index (χ3v) is 4.80. The lowest BCUT2D eigenvalue weighted by Crippen LogP contribution is -2.60. The van der Waals surface area contributed by atoms with E-state index in [-0.39, 0.29) is 0 Å². The van der Waals surface area contributed by atoms with Crippen LogP contribution in [0.3, 0.4) is 0 Å². The molecule has 0 bridgehead atoms. The molecule has 0 atom stereocenters. The van der Waals surface area contributed by atoms with Crippen molar-refractivity contribution in [3.63, 3.8) is 0 Å². The van der Waals surface area contributed by atoms with E-state index in [1.165, 1.54) is 0 Å². The first kappa shape index (κ1) is 14.4. The monoisotopic (exact) mass is 335 g/mol. The average molecular weight is 335 g/mol.